The number of nitrogens with one attached hydrogen (secondary N) is 1. The third-order valence-corrected chi connectivity index (χ3v) is 4.64. The molecule has 29 heavy (non-hydrogen) atoms. The molecule has 2 aromatic rings. The number of aryl methyl sites for hydroxylation is 1. The molecule has 2 aromatic heterocycles. The van der Waals surface area contributed by atoms with Crippen LogP contribution >= 0.6 is 24.0 Å². The van der Waals surface area contributed by atoms with Crippen molar-refractivity contribution in [3.8, 4) is 0 Å². The van der Waals surface area contributed by atoms with E-state index in [0.717, 1.165) is 49.9 Å². The zero-order valence-corrected chi connectivity index (χ0v) is 19.4. The monoisotopic (exact) mass is 515 g/mol. The summed E-state index contributed by atoms with van der Waals surface area (Å²) in [7, 11) is 0. The number of hydrogen-bond donors (Lipinski definition) is 1. The highest BCUT2D eigenvalue weighted by Gasteiger charge is 2.23. The summed E-state index contributed by atoms with van der Waals surface area (Å²) in [6, 6.07) is 5.90. The molecule has 160 valence electrons. The fourth-order valence-corrected chi connectivity index (χ4v) is 3.22. The number of nitrogens with zero attached hydrogens (tertiary/aromatic N) is 6. The van der Waals surface area contributed by atoms with Crippen LogP contribution in [0, 0.1) is 0 Å². The van der Waals surface area contributed by atoms with Gasteiger partial charge < -0.3 is 19.9 Å². The van der Waals surface area contributed by atoms with Crippen LogP contribution in [0.1, 0.15) is 26.1 Å². The van der Waals surface area contributed by atoms with Crippen LogP contribution < -0.4 is 5.32 Å². The third kappa shape index (κ3) is 6.18. The first-order chi connectivity index (χ1) is 13.7. The highest BCUT2D eigenvalue weighted by molar-refractivity contribution is 14.0. The number of fused-ring (bicyclic) bond motifs is 1. The minimum absolute atomic E-state index is 0. The maximum absolute atomic E-state index is 11.8. The van der Waals surface area contributed by atoms with Gasteiger partial charge in [0.25, 0.3) is 0 Å². The lowest BCUT2D eigenvalue weighted by molar-refractivity contribution is 0.0914. The van der Waals surface area contributed by atoms with E-state index in [9.17, 15) is 4.79 Å². The molecule has 0 saturated carbocycles. The summed E-state index contributed by atoms with van der Waals surface area (Å²) < 4.78 is 7.10. The second-order valence-corrected chi connectivity index (χ2v) is 6.56. The van der Waals surface area contributed by atoms with Crippen LogP contribution in [0.5, 0.6) is 0 Å². The molecule has 0 aromatic carbocycles. The molecule has 0 spiro atoms. The van der Waals surface area contributed by atoms with Crippen LogP contribution in [0.15, 0.2) is 29.4 Å². The number of aromatic nitrogens is 3. The second-order valence-electron chi connectivity index (χ2n) is 6.56. The Morgan fingerprint density at radius 1 is 1.17 bits per heavy atom. The number of aliphatic imine (C=N–C) groups is 1. The fourth-order valence-electron chi connectivity index (χ4n) is 3.22. The lowest BCUT2D eigenvalue weighted by Gasteiger charge is -2.35. The SMILES string of the molecule is CCNC(=NCCCc1nnc2ccccn12)N1CCN(C(=O)OCC)CC1.I. The van der Waals surface area contributed by atoms with Crippen molar-refractivity contribution >= 4 is 41.7 Å². The normalized spacial score (nSPS) is 14.6. The summed E-state index contributed by atoms with van der Waals surface area (Å²) in [4.78, 5) is 20.6. The molecule has 0 radical (unpaired) electrons. The molecule has 0 unspecified atom stereocenters. The highest BCUT2D eigenvalue weighted by Crippen LogP contribution is 2.07. The van der Waals surface area contributed by atoms with E-state index in [4.69, 9.17) is 9.73 Å². The predicted molar refractivity (Wildman–Crippen MR) is 123 cm³/mol. The number of amides is 1. The van der Waals surface area contributed by atoms with E-state index in [1.807, 2.05) is 35.7 Å². The maximum atomic E-state index is 11.8. The number of piperazine rings is 1. The molecule has 1 aliphatic heterocycles. The summed E-state index contributed by atoms with van der Waals surface area (Å²) >= 11 is 0. The number of rotatable bonds is 6. The van der Waals surface area contributed by atoms with Gasteiger partial charge in [0.2, 0.25) is 0 Å². The van der Waals surface area contributed by atoms with E-state index < -0.39 is 0 Å². The van der Waals surface area contributed by atoms with E-state index in [1.165, 1.54) is 0 Å². The van der Waals surface area contributed by atoms with Crippen LogP contribution in [0.2, 0.25) is 0 Å². The van der Waals surface area contributed by atoms with Crippen LogP contribution in [0.3, 0.4) is 0 Å². The minimum atomic E-state index is -0.232. The van der Waals surface area contributed by atoms with Gasteiger partial charge in [0.15, 0.2) is 11.6 Å². The third-order valence-electron chi connectivity index (χ3n) is 4.64. The molecular weight excluding hydrogens is 485 g/mol. The lowest BCUT2D eigenvalue weighted by Crippen LogP contribution is -2.53. The topological polar surface area (TPSA) is 87.4 Å². The van der Waals surface area contributed by atoms with Gasteiger partial charge >= 0.3 is 6.09 Å². The molecule has 1 aliphatic rings. The Morgan fingerprint density at radius 3 is 2.66 bits per heavy atom. The van der Waals surface area contributed by atoms with E-state index in [2.05, 4.69) is 27.3 Å². The van der Waals surface area contributed by atoms with Gasteiger partial charge in [-0.2, -0.15) is 0 Å². The highest BCUT2D eigenvalue weighted by atomic mass is 127. The van der Waals surface area contributed by atoms with Gasteiger partial charge in [-0.05, 0) is 32.4 Å². The molecule has 0 bridgehead atoms. The zero-order chi connectivity index (χ0) is 19.8. The molecule has 0 atom stereocenters. The number of carbonyl (C=O) groups is 1. The van der Waals surface area contributed by atoms with Crippen LogP contribution in [-0.2, 0) is 11.2 Å². The first-order valence-corrected chi connectivity index (χ1v) is 9.96. The largest absolute Gasteiger partial charge is 0.450 e. The van der Waals surface area contributed by atoms with Crippen LogP contribution in [-0.4, -0.2) is 82.3 Å². The van der Waals surface area contributed by atoms with Crippen LogP contribution in [0.25, 0.3) is 5.65 Å². The van der Waals surface area contributed by atoms with Crippen molar-refractivity contribution in [3.63, 3.8) is 0 Å². The minimum Gasteiger partial charge on any atom is -0.450 e. The first-order valence-electron chi connectivity index (χ1n) is 9.96. The average molecular weight is 515 g/mol. The summed E-state index contributed by atoms with van der Waals surface area (Å²) in [6.45, 7) is 8.61. The Hall–Kier alpha value is -2.11. The van der Waals surface area contributed by atoms with Gasteiger partial charge in [-0.1, -0.05) is 6.07 Å². The van der Waals surface area contributed by atoms with Crippen molar-refractivity contribution < 1.29 is 9.53 Å². The summed E-state index contributed by atoms with van der Waals surface area (Å²) in [5.74, 6) is 1.86. The van der Waals surface area contributed by atoms with Gasteiger partial charge in [-0.3, -0.25) is 9.39 Å². The number of guanidine groups is 1. The smallest absolute Gasteiger partial charge is 0.409 e. The molecule has 1 N–H and O–H groups in total. The summed E-state index contributed by atoms with van der Waals surface area (Å²) in [6.07, 6.45) is 3.48. The van der Waals surface area contributed by atoms with Gasteiger partial charge in [0.1, 0.15) is 5.82 Å². The summed E-state index contributed by atoms with van der Waals surface area (Å²) in [5.41, 5.74) is 0.869. The van der Waals surface area contributed by atoms with Crippen molar-refractivity contribution in [2.45, 2.75) is 26.7 Å². The van der Waals surface area contributed by atoms with Crippen molar-refractivity contribution in [3.05, 3.63) is 30.2 Å². The Balaban J connectivity index is 0.00000300. The molecule has 0 aliphatic carbocycles. The Labute approximate surface area is 188 Å². The number of carbonyl (C=O) groups excluding carboxylic acids is 1. The molecule has 10 heteroatoms. The van der Waals surface area contributed by atoms with Gasteiger partial charge in [0.05, 0.1) is 6.61 Å². The van der Waals surface area contributed by atoms with Crippen molar-refractivity contribution in [2.24, 2.45) is 4.99 Å². The van der Waals surface area contributed by atoms with Crippen molar-refractivity contribution in [2.75, 3.05) is 45.9 Å². The van der Waals surface area contributed by atoms with Gasteiger partial charge in [0, 0.05) is 51.9 Å². The molecule has 1 amide bonds. The van der Waals surface area contributed by atoms with Crippen LogP contribution in [0.4, 0.5) is 4.79 Å². The molecule has 1 saturated heterocycles. The Morgan fingerprint density at radius 2 is 1.93 bits per heavy atom. The maximum Gasteiger partial charge on any atom is 0.409 e. The predicted octanol–water partition coefficient (Wildman–Crippen LogP) is 2.02. The van der Waals surface area contributed by atoms with Gasteiger partial charge in [-0.15, -0.1) is 34.2 Å². The van der Waals surface area contributed by atoms with E-state index in [1.54, 1.807) is 4.90 Å². The number of halogens is 1. The molecule has 1 fully saturated rings. The average Bonchev–Trinajstić information content (AvgIpc) is 3.14. The number of hydrogen-bond acceptors (Lipinski definition) is 5. The Bertz CT molecular complexity index is 803. The zero-order valence-electron chi connectivity index (χ0n) is 17.1. The number of pyridine rings is 1. The fraction of sp³-hybridized carbons (Fsp3) is 0.579. The molecular formula is C19H30IN7O2. The first kappa shape index (κ1) is 23.2. The van der Waals surface area contributed by atoms with Crippen molar-refractivity contribution in [1.82, 2.24) is 29.7 Å². The summed E-state index contributed by atoms with van der Waals surface area (Å²) in [5, 5.41) is 11.8. The van der Waals surface area contributed by atoms with E-state index >= 15 is 0 Å². The second kappa shape index (κ2) is 11.8. The van der Waals surface area contributed by atoms with E-state index in [-0.39, 0.29) is 30.1 Å². The molecule has 3 heterocycles. The van der Waals surface area contributed by atoms with E-state index in [0.29, 0.717) is 26.2 Å². The standard InChI is InChI=1S/C19H29N7O2.HI/c1-3-20-18(24-12-14-25(15-13-24)19(27)28-4-2)21-10-7-9-17-23-22-16-8-5-6-11-26(16)17;/h5-6,8,11H,3-4,7,9-10,12-15H2,1-2H3,(H,20,21);1H. The van der Waals surface area contributed by atoms with Gasteiger partial charge in [-0.25, -0.2) is 4.79 Å². The lowest BCUT2D eigenvalue weighted by atomic mass is 10.3. The quantitative estimate of drug-likeness (QED) is 0.274. The Kier molecular flexibility index (Phi) is 9.42. The molecule has 9 nitrogen and oxygen atoms in total. The number of ether oxygens (including phenoxy) is 1. The van der Waals surface area contributed by atoms with Crippen molar-refractivity contribution in [1.29, 1.82) is 0 Å². The molecule has 3 rings (SSSR count).